The Kier molecular flexibility index (Phi) is 5.28. The molecular weight excluding hydrogens is 302 g/mol. The van der Waals surface area contributed by atoms with Crippen molar-refractivity contribution in [2.24, 2.45) is 11.8 Å². The Bertz CT molecular complexity index is 421. The molecule has 106 valence electrons. The van der Waals surface area contributed by atoms with Crippen LogP contribution in [0.4, 0.5) is 5.69 Å². The Labute approximate surface area is 125 Å². The van der Waals surface area contributed by atoms with Crippen LogP contribution in [-0.2, 0) is 11.3 Å². The molecule has 1 aliphatic carbocycles. The fourth-order valence-electron chi connectivity index (χ4n) is 3.06. The highest BCUT2D eigenvalue weighted by molar-refractivity contribution is 9.10. The van der Waals surface area contributed by atoms with Crippen molar-refractivity contribution in [1.82, 2.24) is 0 Å². The molecule has 1 aliphatic rings. The van der Waals surface area contributed by atoms with E-state index in [0.29, 0.717) is 12.6 Å². The maximum absolute atomic E-state index is 5.31. The first-order chi connectivity index (χ1) is 9.11. The van der Waals surface area contributed by atoms with E-state index in [-0.39, 0.29) is 0 Å². The monoisotopic (exact) mass is 325 g/mol. The molecule has 0 radical (unpaired) electrons. The normalized spacial score (nSPS) is 27.3. The van der Waals surface area contributed by atoms with Crippen molar-refractivity contribution in [2.75, 3.05) is 12.4 Å². The van der Waals surface area contributed by atoms with Gasteiger partial charge in [0.15, 0.2) is 0 Å². The number of ether oxygens (including phenoxy) is 1. The summed E-state index contributed by atoms with van der Waals surface area (Å²) in [5.74, 6) is 1.60. The molecule has 0 heterocycles. The summed E-state index contributed by atoms with van der Waals surface area (Å²) in [5.41, 5.74) is 2.43. The van der Waals surface area contributed by atoms with Crippen molar-refractivity contribution < 1.29 is 4.74 Å². The number of halogens is 1. The van der Waals surface area contributed by atoms with E-state index in [9.17, 15) is 0 Å². The average Bonchev–Trinajstić information content (AvgIpc) is 2.37. The van der Waals surface area contributed by atoms with Crippen LogP contribution >= 0.6 is 15.9 Å². The summed E-state index contributed by atoms with van der Waals surface area (Å²) < 4.78 is 6.43. The maximum atomic E-state index is 5.31. The second-order valence-corrected chi connectivity index (χ2v) is 6.70. The molecule has 2 nitrogen and oxygen atoms in total. The third-order valence-electron chi connectivity index (χ3n) is 4.18. The number of benzene rings is 1. The van der Waals surface area contributed by atoms with Crippen LogP contribution in [-0.4, -0.2) is 13.2 Å². The van der Waals surface area contributed by atoms with Crippen LogP contribution in [0, 0.1) is 11.8 Å². The zero-order chi connectivity index (χ0) is 13.8. The van der Waals surface area contributed by atoms with Crippen LogP contribution in [0.2, 0.25) is 0 Å². The molecule has 1 N–H and O–H groups in total. The molecule has 1 aromatic carbocycles. The molecule has 1 aromatic rings. The van der Waals surface area contributed by atoms with Crippen LogP contribution in [0.25, 0.3) is 0 Å². The number of nitrogens with one attached hydrogen (secondary N) is 1. The lowest BCUT2D eigenvalue weighted by atomic mass is 9.80. The molecule has 1 saturated carbocycles. The van der Waals surface area contributed by atoms with E-state index in [1.54, 1.807) is 7.11 Å². The van der Waals surface area contributed by atoms with E-state index < -0.39 is 0 Å². The van der Waals surface area contributed by atoms with Crippen LogP contribution in [0.1, 0.15) is 38.7 Å². The molecule has 0 saturated heterocycles. The van der Waals surface area contributed by atoms with E-state index in [4.69, 9.17) is 4.74 Å². The standard InChI is InChI=1S/C16H24BrNO/c1-11-7-8-15(12(2)9-11)18-16-6-4-5-14(17)13(16)10-19-3/h4-6,11-12,15,18H,7-10H2,1-3H3. The molecule has 1 fully saturated rings. The van der Waals surface area contributed by atoms with Crippen molar-refractivity contribution in [3.05, 3.63) is 28.2 Å². The molecule has 19 heavy (non-hydrogen) atoms. The van der Waals surface area contributed by atoms with Crippen molar-refractivity contribution >= 4 is 21.6 Å². The third kappa shape index (κ3) is 3.73. The van der Waals surface area contributed by atoms with E-state index in [0.717, 1.165) is 16.3 Å². The maximum Gasteiger partial charge on any atom is 0.0744 e. The first kappa shape index (κ1) is 14.9. The van der Waals surface area contributed by atoms with Gasteiger partial charge in [0.05, 0.1) is 6.61 Å². The smallest absolute Gasteiger partial charge is 0.0744 e. The Morgan fingerprint density at radius 3 is 2.79 bits per heavy atom. The first-order valence-corrected chi connectivity index (χ1v) is 7.94. The molecule has 3 unspecified atom stereocenters. The van der Waals surface area contributed by atoms with Gasteiger partial charge < -0.3 is 10.1 Å². The molecule has 0 spiro atoms. The second kappa shape index (κ2) is 6.76. The van der Waals surface area contributed by atoms with Crippen LogP contribution in [0.3, 0.4) is 0 Å². The number of hydrogen-bond donors (Lipinski definition) is 1. The van der Waals surface area contributed by atoms with Crippen molar-refractivity contribution in [3.8, 4) is 0 Å². The fraction of sp³-hybridized carbons (Fsp3) is 0.625. The molecule has 0 aromatic heterocycles. The van der Waals surface area contributed by atoms with Crippen molar-refractivity contribution in [1.29, 1.82) is 0 Å². The topological polar surface area (TPSA) is 21.3 Å². The summed E-state index contributed by atoms with van der Waals surface area (Å²) in [6.45, 7) is 5.37. The molecule has 3 atom stereocenters. The summed E-state index contributed by atoms with van der Waals surface area (Å²) >= 11 is 3.62. The highest BCUT2D eigenvalue weighted by Gasteiger charge is 2.25. The highest BCUT2D eigenvalue weighted by Crippen LogP contribution is 2.33. The van der Waals surface area contributed by atoms with Crippen LogP contribution < -0.4 is 5.32 Å². The van der Waals surface area contributed by atoms with Gasteiger partial charge in [0, 0.05) is 28.9 Å². The van der Waals surface area contributed by atoms with Gasteiger partial charge in [-0.1, -0.05) is 35.8 Å². The lowest BCUT2D eigenvalue weighted by molar-refractivity contribution is 0.184. The van der Waals surface area contributed by atoms with E-state index in [2.05, 4.69) is 53.3 Å². The SMILES string of the molecule is COCc1c(Br)cccc1NC1CCC(C)CC1C. The Balaban J connectivity index is 2.12. The fourth-order valence-corrected chi connectivity index (χ4v) is 3.55. The van der Waals surface area contributed by atoms with E-state index >= 15 is 0 Å². The zero-order valence-electron chi connectivity index (χ0n) is 12.1. The molecule has 0 amide bonds. The number of hydrogen-bond acceptors (Lipinski definition) is 2. The number of anilines is 1. The summed E-state index contributed by atoms with van der Waals surface area (Å²) in [6, 6.07) is 6.90. The molecular formula is C16H24BrNO. The van der Waals surface area contributed by atoms with Gasteiger partial charge in [0.1, 0.15) is 0 Å². The summed E-state index contributed by atoms with van der Waals surface area (Å²) in [7, 11) is 1.74. The van der Waals surface area contributed by atoms with Gasteiger partial charge in [0.25, 0.3) is 0 Å². The molecule has 0 aliphatic heterocycles. The third-order valence-corrected chi connectivity index (χ3v) is 4.92. The molecule has 0 bridgehead atoms. The number of rotatable bonds is 4. The predicted molar refractivity (Wildman–Crippen MR) is 84.4 cm³/mol. The average molecular weight is 326 g/mol. The van der Waals surface area contributed by atoms with Crippen molar-refractivity contribution in [3.63, 3.8) is 0 Å². The minimum Gasteiger partial charge on any atom is -0.382 e. The van der Waals surface area contributed by atoms with Crippen molar-refractivity contribution in [2.45, 2.75) is 45.8 Å². The van der Waals surface area contributed by atoms with Gasteiger partial charge in [0.2, 0.25) is 0 Å². The first-order valence-electron chi connectivity index (χ1n) is 7.14. The lowest BCUT2D eigenvalue weighted by Gasteiger charge is -2.34. The Morgan fingerprint density at radius 2 is 2.11 bits per heavy atom. The largest absolute Gasteiger partial charge is 0.382 e. The zero-order valence-corrected chi connectivity index (χ0v) is 13.7. The van der Waals surface area contributed by atoms with Gasteiger partial charge in [-0.3, -0.25) is 0 Å². The van der Waals surface area contributed by atoms with Gasteiger partial charge in [-0.05, 0) is 43.2 Å². The predicted octanol–water partition coefficient (Wildman–Crippen LogP) is 4.83. The summed E-state index contributed by atoms with van der Waals surface area (Å²) in [5, 5.41) is 3.74. The molecule has 2 rings (SSSR count). The van der Waals surface area contributed by atoms with Gasteiger partial charge in [-0.15, -0.1) is 0 Å². The Morgan fingerprint density at radius 1 is 1.32 bits per heavy atom. The van der Waals surface area contributed by atoms with Gasteiger partial charge >= 0.3 is 0 Å². The quantitative estimate of drug-likeness (QED) is 0.855. The van der Waals surface area contributed by atoms with Gasteiger partial charge in [-0.2, -0.15) is 0 Å². The van der Waals surface area contributed by atoms with Crippen LogP contribution in [0.5, 0.6) is 0 Å². The Hall–Kier alpha value is -0.540. The van der Waals surface area contributed by atoms with Crippen LogP contribution in [0.15, 0.2) is 22.7 Å². The van der Waals surface area contributed by atoms with Gasteiger partial charge in [-0.25, -0.2) is 0 Å². The van der Waals surface area contributed by atoms with E-state index in [1.165, 1.54) is 30.5 Å². The van der Waals surface area contributed by atoms with E-state index in [1.807, 2.05) is 0 Å². The summed E-state index contributed by atoms with van der Waals surface area (Å²) in [6.07, 6.45) is 3.92. The molecule has 3 heteroatoms. The number of methoxy groups -OCH3 is 1. The minimum absolute atomic E-state index is 0.584. The second-order valence-electron chi connectivity index (χ2n) is 5.85. The highest BCUT2D eigenvalue weighted by atomic mass is 79.9. The minimum atomic E-state index is 0.584. The summed E-state index contributed by atoms with van der Waals surface area (Å²) in [4.78, 5) is 0. The lowest BCUT2D eigenvalue weighted by Crippen LogP contribution is -2.33.